The molecule has 2 aromatic carbocycles. The van der Waals surface area contributed by atoms with E-state index in [2.05, 4.69) is 15.6 Å². The summed E-state index contributed by atoms with van der Waals surface area (Å²) in [5.41, 5.74) is 1.83. The van der Waals surface area contributed by atoms with Crippen LogP contribution in [0.4, 0.5) is 9.18 Å². The number of amides is 3. The fourth-order valence-electron chi connectivity index (χ4n) is 2.81. The van der Waals surface area contributed by atoms with E-state index in [1.54, 1.807) is 43.3 Å². The molecule has 0 aliphatic heterocycles. The van der Waals surface area contributed by atoms with E-state index in [4.69, 9.17) is 4.74 Å². The lowest BCUT2D eigenvalue weighted by Gasteiger charge is -2.15. The van der Waals surface area contributed by atoms with E-state index in [1.807, 2.05) is 0 Å². The van der Waals surface area contributed by atoms with Gasteiger partial charge in [-0.15, -0.1) is 0 Å². The van der Waals surface area contributed by atoms with Gasteiger partial charge in [-0.05, 0) is 50.2 Å². The SMILES string of the molecule is CCNC(=O)NC(=O)C(C)OC(=O)c1cc(-c2ccc(F)cc2)nc2ccccc12. The molecule has 3 amide bonds. The Balaban J connectivity index is 1.90. The minimum absolute atomic E-state index is 0.206. The highest BCUT2D eigenvalue weighted by Crippen LogP contribution is 2.26. The van der Waals surface area contributed by atoms with Crippen LogP contribution in [0, 0.1) is 5.82 Å². The maximum absolute atomic E-state index is 13.3. The number of para-hydroxylation sites is 1. The van der Waals surface area contributed by atoms with Gasteiger partial charge in [-0.25, -0.2) is 19.0 Å². The quantitative estimate of drug-likeness (QED) is 0.629. The smallest absolute Gasteiger partial charge is 0.339 e. The molecule has 0 aliphatic rings. The number of ether oxygens (including phenoxy) is 1. The molecule has 0 radical (unpaired) electrons. The van der Waals surface area contributed by atoms with Crippen molar-refractivity contribution >= 4 is 28.8 Å². The van der Waals surface area contributed by atoms with Crippen molar-refractivity contribution in [2.45, 2.75) is 20.0 Å². The molecule has 1 heterocycles. The highest BCUT2D eigenvalue weighted by atomic mass is 19.1. The summed E-state index contributed by atoms with van der Waals surface area (Å²) in [6, 6.07) is 13.6. The third kappa shape index (κ3) is 4.78. The van der Waals surface area contributed by atoms with Crippen molar-refractivity contribution < 1.29 is 23.5 Å². The second kappa shape index (κ2) is 9.13. The van der Waals surface area contributed by atoms with E-state index in [1.165, 1.54) is 25.1 Å². The third-order valence-electron chi connectivity index (χ3n) is 4.30. The molecule has 0 saturated carbocycles. The number of urea groups is 1. The van der Waals surface area contributed by atoms with Crippen LogP contribution < -0.4 is 10.6 Å². The first-order valence-corrected chi connectivity index (χ1v) is 9.34. The Hall–Kier alpha value is -3.81. The van der Waals surface area contributed by atoms with Crippen LogP contribution in [-0.2, 0) is 9.53 Å². The largest absolute Gasteiger partial charge is 0.449 e. The predicted octanol–water partition coefficient (Wildman–Crippen LogP) is 3.43. The molecule has 0 spiro atoms. The number of rotatable bonds is 5. The third-order valence-corrected chi connectivity index (χ3v) is 4.30. The molecule has 154 valence electrons. The van der Waals surface area contributed by atoms with Crippen molar-refractivity contribution in [2.75, 3.05) is 6.54 Å². The maximum atomic E-state index is 13.3. The second-order valence-corrected chi connectivity index (χ2v) is 6.48. The molecule has 7 nitrogen and oxygen atoms in total. The minimum Gasteiger partial charge on any atom is -0.449 e. The summed E-state index contributed by atoms with van der Waals surface area (Å²) < 4.78 is 18.5. The molecular formula is C22H20FN3O4. The molecule has 0 bridgehead atoms. The lowest BCUT2D eigenvalue weighted by molar-refractivity contribution is -0.127. The Morgan fingerprint density at radius 1 is 1.10 bits per heavy atom. The molecule has 0 aliphatic carbocycles. The number of carbonyl (C=O) groups excluding carboxylic acids is 3. The van der Waals surface area contributed by atoms with Gasteiger partial charge in [-0.3, -0.25) is 10.1 Å². The summed E-state index contributed by atoms with van der Waals surface area (Å²) in [5, 5.41) is 5.07. The number of halogens is 1. The minimum atomic E-state index is -1.19. The van der Waals surface area contributed by atoms with Gasteiger partial charge in [0.25, 0.3) is 5.91 Å². The van der Waals surface area contributed by atoms with Crippen LogP contribution in [0.15, 0.2) is 54.6 Å². The number of pyridine rings is 1. The maximum Gasteiger partial charge on any atom is 0.339 e. The lowest BCUT2D eigenvalue weighted by atomic mass is 10.0. The van der Waals surface area contributed by atoms with Crippen molar-refractivity contribution in [2.24, 2.45) is 0 Å². The van der Waals surface area contributed by atoms with Gasteiger partial charge in [0, 0.05) is 17.5 Å². The average molecular weight is 409 g/mol. The fraction of sp³-hybridized carbons (Fsp3) is 0.182. The van der Waals surface area contributed by atoms with Crippen molar-refractivity contribution in [3.63, 3.8) is 0 Å². The van der Waals surface area contributed by atoms with Gasteiger partial charge in [-0.2, -0.15) is 0 Å². The Bertz CT molecular complexity index is 1100. The first kappa shape index (κ1) is 20.9. The van der Waals surface area contributed by atoms with Gasteiger partial charge >= 0.3 is 12.0 Å². The molecular weight excluding hydrogens is 389 g/mol. The van der Waals surface area contributed by atoms with Crippen molar-refractivity contribution in [3.8, 4) is 11.3 Å². The van der Waals surface area contributed by atoms with Crippen LogP contribution in [0.1, 0.15) is 24.2 Å². The number of carbonyl (C=O) groups is 3. The number of nitrogens with zero attached hydrogens (tertiary/aromatic N) is 1. The number of nitrogens with one attached hydrogen (secondary N) is 2. The van der Waals surface area contributed by atoms with E-state index >= 15 is 0 Å². The zero-order valence-electron chi connectivity index (χ0n) is 16.4. The molecule has 1 aromatic heterocycles. The second-order valence-electron chi connectivity index (χ2n) is 6.48. The van der Waals surface area contributed by atoms with Crippen molar-refractivity contribution in [3.05, 3.63) is 66.0 Å². The summed E-state index contributed by atoms with van der Waals surface area (Å²) in [7, 11) is 0. The molecule has 1 unspecified atom stereocenters. The highest BCUT2D eigenvalue weighted by molar-refractivity contribution is 6.06. The van der Waals surface area contributed by atoms with E-state index in [-0.39, 0.29) is 11.4 Å². The zero-order valence-corrected chi connectivity index (χ0v) is 16.4. The normalized spacial score (nSPS) is 11.6. The zero-order chi connectivity index (χ0) is 21.7. The Labute approximate surface area is 172 Å². The van der Waals surface area contributed by atoms with Gasteiger partial charge in [0.05, 0.1) is 16.8 Å². The molecule has 3 aromatic rings. The topological polar surface area (TPSA) is 97.4 Å². The van der Waals surface area contributed by atoms with Gasteiger partial charge < -0.3 is 10.1 Å². The summed E-state index contributed by atoms with van der Waals surface area (Å²) >= 11 is 0. The molecule has 0 fully saturated rings. The number of benzene rings is 2. The fourth-order valence-corrected chi connectivity index (χ4v) is 2.81. The summed E-state index contributed by atoms with van der Waals surface area (Å²) in [6.07, 6.45) is -1.19. The van der Waals surface area contributed by atoms with E-state index < -0.39 is 24.0 Å². The number of aromatic nitrogens is 1. The summed E-state index contributed by atoms with van der Waals surface area (Å²) in [5.74, 6) is -1.87. The van der Waals surface area contributed by atoms with E-state index in [9.17, 15) is 18.8 Å². The van der Waals surface area contributed by atoms with Crippen LogP contribution in [0.3, 0.4) is 0 Å². The lowest BCUT2D eigenvalue weighted by Crippen LogP contribution is -2.44. The number of esters is 1. The Kier molecular flexibility index (Phi) is 6.36. The van der Waals surface area contributed by atoms with Crippen LogP contribution in [0.2, 0.25) is 0 Å². The first-order chi connectivity index (χ1) is 14.4. The van der Waals surface area contributed by atoms with E-state index in [0.29, 0.717) is 28.7 Å². The van der Waals surface area contributed by atoms with Crippen molar-refractivity contribution in [1.82, 2.24) is 15.6 Å². The van der Waals surface area contributed by atoms with Gasteiger partial charge in [0.1, 0.15) is 5.82 Å². The predicted molar refractivity (Wildman–Crippen MR) is 109 cm³/mol. The van der Waals surface area contributed by atoms with Gasteiger partial charge in [-0.1, -0.05) is 18.2 Å². The van der Waals surface area contributed by atoms with Gasteiger partial charge in [0.15, 0.2) is 6.10 Å². The molecule has 3 rings (SSSR count). The number of hydrogen-bond donors (Lipinski definition) is 2. The average Bonchev–Trinajstić information content (AvgIpc) is 2.73. The standard InChI is InChI=1S/C22H20FN3O4/c1-3-24-22(29)26-20(27)13(2)30-21(28)17-12-19(14-8-10-15(23)11-9-14)25-18-7-5-4-6-16(17)18/h4-13H,3H2,1-2H3,(H2,24,26,27,29). The number of imide groups is 1. The summed E-state index contributed by atoms with van der Waals surface area (Å²) in [6.45, 7) is 3.43. The van der Waals surface area contributed by atoms with Gasteiger partial charge in [0.2, 0.25) is 0 Å². The molecule has 8 heteroatoms. The van der Waals surface area contributed by atoms with Crippen LogP contribution in [0.25, 0.3) is 22.2 Å². The van der Waals surface area contributed by atoms with Crippen LogP contribution >= 0.6 is 0 Å². The Morgan fingerprint density at radius 2 is 1.80 bits per heavy atom. The van der Waals surface area contributed by atoms with Crippen LogP contribution in [-0.4, -0.2) is 35.5 Å². The number of hydrogen-bond acceptors (Lipinski definition) is 5. The highest BCUT2D eigenvalue weighted by Gasteiger charge is 2.22. The molecule has 1 atom stereocenters. The molecule has 30 heavy (non-hydrogen) atoms. The number of fused-ring (bicyclic) bond motifs is 1. The Morgan fingerprint density at radius 3 is 2.50 bits per heavy atom. The van der Waals surface area contributed by atoms with Crippen LogP contribution in [0.5, 0.6) is 0 Å². The molecule has 0 saturated heterocycles. The monoisotopic (exact) mass is 409 g/mol. The van der Waals surface area contributed by atoms with E-state index in [0.717, 1.165) is 0 Å². The van der Waals surface area contributed by atoms with Crippen molar-refractivity contribution in [1.29, 1.82) is 0 Å². The molecule has 2 N–H and O–H groups in total. The first-order valence-electron chi connectivity index (χ1n) is 9.34. The summed E-state index contributed by atoms with van der Waals surface area (Å²) in [4.78, 5) is 40.9.